The maximum Gasteiger partial charge on any atom is 0.425 e. The molecule has 0 aliphatic carbocycles. The van der Waals surface area contributed by atoms with Crippen LogP contribution in [0.2, 0.25) is 0 Å². The molecule has 0 atom stereocenters. The summed E-state index contributed by atoms with van der Waals surface area (Å²) >= 11 is 0.672. The predicted molar refractivity (Wildman–Crippen MR) is 66.8 cm³/mol. The number of aromatic nitrogens is 1. The Morgan fingerprint density at radius 3 is 2.79 bits per heavy atom. The number of aliphatic hydroxyl groups excluding tert-OH is 1. The highest BCUT2D eigenvalue weighted by molar-refractivity contribution is 7.10. The molecule has 0 saturated heterocycles. The summed E-state index contributed by atoms with van der Waals surface area (Å²) in [6.07, 6.45) is -1.22. The second-order valence-electron chi connectivity index (χ2n) is 3.86. The van der Waals surface area contributed by atoms with Crippen LogP contribution in [-0.2, 0) is 19.3 Å². The Bertz CT molecular complexity index is 554. The summed E-state index contributed by atoms with van der Waals surface area (Å²) in [4.78, 5) is 3.29. The van der Waals surface area contributed by atoms with Gasteiger partial charge in [-0.05, 0) is 23.1 Å². The minimum absolute atomic E-state index is 0.151. The molecule has 2 rings (SSSR count). The third-order valence-corrected chi connectivity index (χ3v) is 3.52. The van der Waals surface area contributed by atoms with Gasteiger partial charge in [-0.3, -0.25) is 4.98 Å². The molecule has 0 spiro atoms. The van der Waals surface area contributed by atoms with Gasteiger partial charge in [0.15, 0.2) is 0 Å². The molecule has 2 N–H and O–H groups in total. The SMILES string of the molecule is OCc1ccncc1NCc1csc(C(F)(F)F)c1. The summed E-state index contributed by atoms with van der Waals surface area (Å²) < 4.78 is 37.3. The molecular weight excluding hydrogens is 277 g/mol. The van der Waals surface area contributed by atoms with Crippen LogP contribution < -0.4 is 5.32 Å². The van der Waals surface area contributed by atoms with E-state index in [1.807, 2.05) is 0 Å². The van der Waals surface area contributed by atoms with Crippen molar-refractivity contribution in [2.24, 2.45) is 0 Å². The molecular formula is C12H11F3N2OS. The fourth-order valence-corrected chi connectivity index (χ4v) is 2.32. The molecule has 19 heavy (non-hydrogen) atoms. The summed E-state index contributed by atoms with van der Waals surface area (Å²) in [5.74, 6) is 0. The zero-order valence-electron chi connectivity index (χ0n) is 9.74. The van der Waals surface area contributed by atoms with Gasteiger partial charge in [-0.1, -0.05) is 0 Å². The molecule has 0 aromatic carbocycles. The van der Waals surface area contributed by atoms with Crippen LogP contribution in [0.3, 0.4) is 0 Å². The van der Waals surface area contributed by atoms with E-state index < -0.39 is 11.1 Å². The molecule has 2 heterocycles. The first-order valence-corrected chi connectivity index (χ1v) is 6.31. The lowest BCUT2D eigenvalue weighted by atomic mass is 10.2. The van der Waals surface area contributed by atoms with Crippen molar-refractivity contribution >= 4 is 17.0 Å². The molecule has 0 unspecified atom stereocenters. The minimum atomic E-state index is -4.30. The van der Waals surface area contributed by atoms with Crippen LogP contribution in [0.15, 0.2) is 29.9 Å². The van der Waals surface area contributed by atoms with Crippen molar-refractivity contribution in [3.05, 3.63) is 45.9 Å². The van der Waals surface area contributed by atoms with Gasteiger partial charge in [0, 0.05) is 18.3 Å². The number of hydrogen-bond acceptors (Lipinski definition) is 4. The third-order valence-electron chi connectivity index (χ3n) is 2.50. The van der Waals surface area contributed by atoms with Gasteiger partial charge in [0.25, 0.3) is 0 Å². The van der Waals surface area contributed by atoms with Crippen molar-refractivity contribution < 1.29 is 18.3 Å². The molecule has 102 valence electrons. The van der Waals surface area contributed by atoms with Gasteiger partial charge in [0.2, 0.25) is 0 Å². The summed E-state index contributed by atoms with van der Waals surface area (Å²) in [7, 11) is 0. The van der Waals surface area contributed by atoms with Crippen molar-refractivity contribution in [2.45, 2.75) is 19.3 Å². The van der Waals surface area contributed by atoms with E-state index in [1.165, 1.54) is 11.6 Å². The first-order valence-electron chi connectivity index (χ1n) is 5.43. The highest BCUT2D eigenvalue weighted by Gasteiger charge is 2.32. The lowest BCUT2D eigenvalue weighted by molar-refractivity contribution is -0.134. The molecule has 0 amide bonds. The molecule has 0 saturated carbocycles. The van der Waals surface area contributed by atoms with Gasteiger partial charge in [-0.2, -0.15) is 13.2 Å². The van der Waals surface area contributed by atoms with E-state index in [-0.39, 0.29) is 13.2 Å². The zero-order valence-corrected chi connectivity index (χ0v) is 10.6. The second-order valence-corrected chi connectivity index (χ2v) is 4.77. The van der Waals surface area contributed by atoms with E-state index in [0.717, 1.165) is 6.07 Å². The Morgan fingerprint density at radius 1 is 1.37 bits per heavy atom. The smallest absolute Gasteiger partial charge is 0.392 e. The average Bonchev–Trinajstić information content (AvgIpc) is 2.85. The van der Waals surface area contributed by atoms with Gasteiger partial charge >= 0.3 is 6.18 Å². The fourth-order valence-electron chi connectivity index (χ4n) is 1.53. The minimum Gasteiger partial charge on any atom is -0.392 e. The van der Waals surface area contributed by atoms with Crippen LogP contribution in [0.1, 0.15) is 16.0 Å². The number of thiophene rings is 1. The first kappa shape index (κ1) is 13.8. The van der Waals surface area contributed by atoms with Crippen LogP contribution in [0, 0.1) is 0 Å². The third kappa shape index (κ3) is 3.45. The number of anilines is 1. The van der Waals surface area contributed by atoms with E-state index in [9.17, 15) is 13.2 Å². The number of alkyl halides is 3. The standard InChI is InChI=1S/C12H11F3N2OS/c13-12(14,15)11-3-8(7-19-11)4-17-10-5-16-2-1-9(10)6-18/h1-3,5,7,17-18H,4,6H2. The number of pyridine rings is 1. The highest BCUT2D eigenvalue weighted by Crippen LogP contribution is 2.34. The monoisotopic (exact) mass is 288 g/mol. The Hall–Kier alpha value is -1.60. The van der Waals surface area contributed by atoms with Crippen LogP contribution in [-0.4, -0.2) is 10.1 Å². The van der Waals surface area contributed by atoms with Crippen molar-refractivity contribution in [3.63, 3.8) is 0 Å². The van der Waals surface area contributed by atoms with Crippen molar-refractivity contribution in [3.8, 4) is 0 Å². The average molecular weight is 288 g/mol. The van der Waals surface area contributed by atoms with Gasteiger partial charge in [0.1, 0.15) is 4.88 Å². The van der Waals surface area contributed by atoms with Gasteiger partial charge in [-0.25, -0.2) is 0 Å². The molecule has 0 bridgehead atoms. The Kier molecular flexibility index (Phi) is 4.06. The quantitative estimate of drug-likeness (QED) is 0.907. The van der Waals surface area contributed by atoms with Crippen LogP contribution in [0.4, 0.5) is 18.9 Å². The summed E-state index contributed by atoms with van der Waals surface area (Å²) in [6.45, 7) is 0.105. The summed E-state index contributed by atoms with van der Waals surface area (Å²) in [5.41, 5.74) is 1.82. The van der Waals surface area contributed by atoms with E-state index in [0.29, 0.717) is 28.2 Å². The highest BCUT2D eigenvalue weighted by atomic mass is 32.1. The van der Waals surface area contributed by atoms with Crippen LogP contribution >= 0.6 is 11.3 Å². The number of nitrogens with zero attached hydrogens (tertiary/aromatic N) is 1. The molecule has 0 fully saturated rings. The maximum atomic E-state index is 12.4. The van der Waals surface area contributed by atoms with Crippen molar-refractivity contribution in [1.82, 2.24) is 4.98 Å². The number of rotatable bonds is 4. The topological polar surface area (TPSA) is 45.2 Å². The zero-order chi connectivity index (χ0) is 13.9. The summed E-state index contributed by atoms with van der Waals surface area (Å²) in [6, 6.07) is 2.77. The van der Waals surface area contributed by atoms with Crippen molar-refractivity contribution in [2.75, 3.05) is 5.32 Å². The number of nitrogens with one attached hydrogen (secondary N) is 1. The second kappa shape index (κ2) is 5.58. The first-order chi connectivity index (χ1) is 9.00. The van der Waals surface area contributed by atoms with E-state index in [1.54, 1.807) is 12.3 Å². The molecule has 7 heteroatoms. The molecule has 0 aliphatic heterocycles. The number of hydrogen-bond donors (Lipinski definition) is 2. The van der Waals surface area contributed by atoms with Crippen LogP contribution in [0.5, 0.6) is 0 Å². The van der Waals surface area contributed by atoms with Gasteiger partial charge < -0.3 is 10.4 Å². The van der Waals surface area contributed by atoms with Crippen molar-refractivity contribution in [1.29, 1.82) is 0 Å². The van der Waals surface area contributed by atoms with Gasteiger partial charge in [0.05, 0.1) is 18.5 Å². The van der Waals surface area contributed by atoms with E-state index in [4.69, 9.17) is 5.11 Å². The maximum absolute atomic E-state index is 12.4. The predicted octanol–water partition coefficient (Wildman–Crippen LogP) is 3.27. The molecule has 2 aromatic rings. The molecule has 0 radical (unpaired) electrons. The number of aliphatic hydroxyl groups is 1. The normalized spacial score (nSPS) is 11.6. The van der Waals surface area contributed by atoms with E-state index >= 15 is 0 Å². The summed E-state index contributed by atoms with van der Waals surface area (Å²) in [5, 5.41) is 13.5. The Labute approximate surface area is 111 Å². The largest absolute Gasteiger partial charge is 0.425 e. The lowest BCUT2D eigenvalue weighted by Gasteiger charge is -2.08. The lowest BCUT2D eigenvalue weighted by Crippen LogP contribution is -2.03. The molecule has 0 aliphatic rings. The van der Waals surface area contributed by atoms with Gasteiger partial charge in [-0.15, -0.1) is 11.3 Å². The molecule has 3 nitrogen and oxygen atoms in total. The molecule has 2 aromatic heterocycles. The Balaban J connectivity index is 2.05. The van der Waals surface area contributed by atoms with Crippen LogP contribution in [0.25, 0.3) is 0 Å². The fraction of sp³-hybridized carbons (Fsp3) is 0.250. The van der Waals surface area contributed by atoms with E-state index in [2.05, 4.69) is 10.3 Å². The Morgan fingerprint density at radius 2 is 2.16 bits per heavy atom. The number of halogens is 3.